The van der Waals surface area contributed by atoms with Crippen LogP contribution in [0.3, 0.4) is 0 Å². The van der Waals surface area contributed by atoms with E-state index in [2.05, 4.69) is 103 Å². The third kappa shape index (κ3) is 4.55. The fraction of sp³-hybridized carbons (Fsp3) is 0.161. The molecule has 3 N–H and O–H groups in total. The van der Waals surface area contributed by atoms with Gasteiger partial charge in [0.1, 0.15) is 11.2 Å². The number of pyridine rings is 1. The van der Waals surface area contributed by atoms with Crippen molar-refractivity contribution < 1.29 is 0 Å². The van der Waals surface area contributed by atoms with E-state index in [1.165, 1.54) is 5.56 Å². The molecule has 6 aromatic rings. The van der Waals surface area contributed by atoms with E-state index in [1.54, 1.807) is 0 Å². The first-order valence-electron chi connectivity index (χ1n) is 13.2. The molecule has 8 heteroatoms. The van der Waals surface area contributed by atoms with Crippen molar-refractivity contribution in [3.63, 3.8) is 0 Å². The zero-order valence-corrected chi connectivity index (χ0v) is 21.6. The van der Waals surface area contributed by atoms with Gasteiger partial charge in [-0.25, -0.2) is 4.98 Å². The summed E-state index contributed by atoms with van der Waals surface area (Å²) in [6.45, 7) is 4.53. The molecule has 0 unspecified atom stereocenters. The molecule has 0 bridgehead atoms. The molecular formula is C31H28N8. The fourth-order valence-electron chi connectivity index (χ4n) is 5.16. The van der Waals surface area contributed by atoms with E-state index < -0.39 is 0 Å². The molecule has 0 aliphatic carbocycles. The first-order valence-corrected chi connectivity index (χ1v) is 13.2. The Morgan fingerprint density at radius 3 is 2.67 bits per heavy atom. The summed E-state index contributed by atoms with van der Waals surface area (Å²) in [6.07, 6.45) is 5.73. The summed E-state index contributed by atoms with van der Waals surface area (Å²) in [5, 5.41) is 12.3. The highest BCUT2D eigenvalue weighted by Gasteiger charge is 2.20. The predicted molar refractivity (Wildman–Crippen MR) is 157 cm³/mol. The second kappa shape index (κ2) is 9.81. The number of benzene rings is 3. The monoisotopic (exact) mass is 512 g/mol. The van der Waals surface area contributed by atoms with Crippen LogP contribution in [0.4, 0.5) is 5.69 Å². The van der Waals surface area contributed by atoms with Gasteiger partial charge in [0.25, 0.3) is 0 Å². The van der Waals surface area contributed by atoms with Crippen molar-refractivity contribution in [3.8, 4) is 22.6 Å². The molecule has 39 heavy (non-hydrogen) atoms. The molecule has 0 radical (unpaired) electrons. The average Bonchev–Trinajstić information content (AvgIpc) is 3.71. The first-order chi connectivity index (χ1) is 19.2. The van der Waals surface area contributed by atoms with Gasteiger partial charge in [0.05, 0.1) is 29.1 Å². The van der Waals surface area contributed by atoms with E-state index in [-0.39, 0.29) is 6.04 Å². The van der Waals surface area contributed by atoms with Gasteiger partial charge in [-0.3, -0.25) is 15.1 Å². The highest BCUT2D eigenvalue weighted by molar-refractivity contribution is 6.00. The molecule has 3 aromatic heterocycles. The Kier molecular flexibility index (Phi) is 5.86. The quantitative estimate of drug-likeness (QED) is 0.255. The minimum atomic E-state index is 0.278. The van der Waals surface area contributed by atoms with Gasteiger partial charge in [0.2, 0.25) is 0 Å². The summed E-state index contributed by atoms with van der Waals surface area (Å²) in [7, 11) is 0. The molecule has 0 saturated carbocycles. The molecule has 0 fully saturated rings. The Labute approximate surface area is 225 Å². The molecule has 1 aliphatic heterocycles. The Bertz CT molecular complexity index is 1800. The van der Waals surface area contributed by atoms with Gasteiger partial charge in [0.15, 0.2) is 5.82 Å². The number of nitrogens with one attached hydrogen (secondary N) is 3. The van der Waals surface area contributed by atoms with E-state index in [9.17, 15) is 0 Å². The molecule has 0 amide bonds. The van der Waals surface area contributed by atoms with Crippen LogP contribution in [0.1, 0.15) is 18.1 Å². The van der Waals surface area contributed by atoms with Crippen LogP contribution in [0.15, 0.2) is 90.2 Å². The zero-order valence-electron chi connectivity index (χ0n) is 21.6. The molecule has 4 heterocycles. The number of hydrogen-bond acceptors (Lipinski definition) is 6. The van der Waals surface area contributed by atoms with Gasteiger partial charge < -0.3 is 15.2 Å². The van der Waals surface area contributed by atoms with E-state index in [4.69, 9.17) is 4.98 Å². The fourth-order valence-corrected chi connectivity index (χ4v) is 5.16. The topological polar surface area (TPSA) is 97.9 Å². The molecule has 1 atom stereocenters. The SMILES string of the molecule is C[C@H]1CN(c2cccc3[nH]c(-c4n[nH]c5ccc(-c6cncc(CNCc7ccccc7)c6)cc45)nc23)C=N1. The van der Waals surface area contributed by atoms with Gasteiger partial charge >= 0.3 is 0 Å². The van der Waals surface area contributed by atoms with Crippen molar-refractivity contribution in [2.24, 2.45) is 4.99 Å². The lowest BCUT2D eigenvalue weighted by atomic mass is 10.0. The van der Waals surface area contributed by atoms with E-state index in [1.807, 2.05) is 30.9 Å². The Morgan fingerprint density at radius 1 is 0.897 bits per heavy atom. The van der Waals surface area contributed by atoms with Crippen LogP contribution < -0.4 is 10.2 Å². The molecule has 0 spiro atoms. The van der Waals surface area contributed by atoms with Crippen molar-refractivity contribution in [1.82, 2.24) is 30.5 Å². The number of imidazole rings is 1. The van der Waals surface area contributed by atoms with Crippen molar-refractivity contribution in [1.29, 1.82) is 0 Å². The number of anilines is 1. The highest BCUT2D eigenvalue weighted by atomic mass is 15.2. The summed E-state index contributed by atoms with van der Waals surface area (Å²) in [5.41, 5.74) is 9.25. The normalized spacial score (nSPS) is 15.1. The van der Waals surface area contributed by atoms with Gasteiger partial charge in [-0.05, 0) is 53.9 Å². The Hall–Kier alpha value is -4.82. The third-order valence-corrected chi connectivity index (χ3v) is 7.14. The summed E-state index contributed by atoms with van der Waals surface area (Å²) < 4.78 is 0. The van der Waals surface area contributed by atoms with Crippen LogP contribution in [-0.2, 0) is 13.1 Å². The van der Waals surface area contributed by atoms with Crippen LogP contribution in [0.2, 0.25) is 0 Å². The number of nitrogens with zero attached hydrogens (tertiary/aromatic N) is 5. The first kappa shape index (κ1) is 23.3. The number of fused-ring (bicyclic) bond motifs is 2. The second-order valence-electron chi connectivity index (χ2n) is 10.0. The molecule has 0 saturated heterocycles. The van der Waals surface area contributed by atoms with Gasteiger partial charge in [0, 0.05) is 43.0 Å². The molecule has 1 aliphatic rings. The molecule has 8 nitrogen and oxygen atoms in total. The predicted octanol–water partition coefficient (Wildman–Crippen LogP) is 5.69. The lowest BCUT2D eigenvalue weighted by Crippen LogP contribution is -2.21. The highest BCUT2D eigenvalue weighted by Crippen LogP contribution is 2.33. The van der Waals surface area contributed by atoms with Gasteiger partial charge in [-0.15, -0.1) is 0 Å². The van der Waals surface area contributed by atoms with Crippen molar-refractivity contribution in [2.45, 2.75) is 26.1 Å². The van der Waals surface area contributed by atoms with Crippen LogP contribution >= 0.6 is 0 Å². The number of aromatic nitrogens is 5. The molecule has 3 aromatic carbocycles. The maximum absolute atomic E-state index is 4.99. The number of aliphatic imine (C=N–C) groups is 1. The van der Waals surface area contributed by atoms with Crippen molar-refractivity contribution in [2.75, 3.05) is 11.4 Å². The van der Waals surface area contributed by atoms with Gasteiger partial charge in [-0.1, -0.05) is 42.5 Å². The number of rotatable bonds is 7. The van der Waals surface area contributed by atoms with Crippen LogP contribution in [-0.4, -0.2) is 44.1 Å². The summed E-state index contributed by atoms with van der Waals surface area (Å²) in [4.78, 5) is 19.7. The third-order valence-electron chi connectivity index (χ3n) is 7.14. The lowest BCUT2D eigenvalue weighted by Gasteiger charge is -2.15. The molecule has 7 rings (SSSR count). The number of H-pyrrole nitrogens is 2. The second-order valence-corrected chi connectivity index (χ2v) is 10.0. The zero-order chi connectivity index (χ0) is 26.2. The molecular weight excluding hydrogens is 484 g/mol. The Morgan fingerprint density at radius 2 is 1.79 bits per heavy atom. The maximum Gasteiger partial charge on any atom is 0.159 e. The molecule has 192 valence electrons. The average molecular weight is 513 g/mol. The summed E-state index contributed by atoms with van der Waals surface area (Å²) >= 11 is 0. The summed E-state index contributed by atoms with van der Waals surface area (Å²) in [6, 6.07) is 25.4. The van der Waals surface area contributed by atoms with Crippen LogP contribution in [0.25, 0.3) is 44.6 Å². The van der Waals surface area contributed by atoms with Crippen molar-refractivity contribution >= 4 is 34.0 Å². The number of aromatic amines is 2. The van der Waals surface area contributed by atoms with Crippen molar-refractivity contribution in [3.05, 3.63) is 96.3 Å². The standard InChI is InChI=1S/C31H28N8/c1-20-18-39(19-34-20)28-9-5-8-27-30(28)36-31(35-27)29-25-13-23(10-11-26(25)37-38-29)24-12-22(16-33-17-24)15-32-14-21-6-3-2-4-7-21/h2-13,16-17,19-20,32H,14-15,18H2,1H3,(H,35,36)(H,37,38)/t20-/m0/s1. The van der Waals surface area contributed by atoms with E-state index >= 15 is 0 Å². The number of para-hydroxylation sites is 1. The minimum absolute atomic E-state index is 0.278. The van der Waals surface area contributed by atoms with E-state index in [0.29, 0.717) is 0 Å². The van der Waals surface area contributed by atoms with Gasteiger partial charge in [-0.2, -0.15) is 5.10 Å². The minimum Gasteiger partial charge on any atom is -0.336 e. The smallest absolute Gasteiger partial charge is 0.159 e. The number of hydrogen-bond donors (Lipinski definition) is 3. The maximum atomic E-state index is 4.99. The lowest BCUT2D eigenvalue weighted by molar-refractivity contribution is 0.691. The van der Waals surface area contributed by atoms with Crippen LogP contribution in [0.5, 0.6) is 0 Å². The van der Waals surface area contributed by atoms with E-state index in [0.717, 1.165) is 75.5 Å². The van der Waals surface area contributed by atoms with Crippen LogP contribution in [0, 0.1) is 0 Å². The Balaban J connectivity index is 1.18. The summed E-state index contributed by atoms with van der Waals surface area (Å²) in [5.74, 6) is 0.738. The largest absolute Gasteiger partial charge is 0.336 e.